The van der Waals surface area contributed by atoms with Gasteiger partial charge in [0.1, 0.15) is 0 Å². The minimum Gasteiger partial charge on any atom is -0.308 e. The second-order valence-electron chi connectivity index (χ2n) is 5.86. The van der Waals surface area contributed by atoms with E-state index in [1.807, 2.05) is 24.1 Å². The molecule has 0 spiro atoms. The summed E-state index contributed by atoms with van der Waals surface area (Å²) in [6, 6.07) is 6.71. The Kier molecular flexibility index (Phi) is 4.34. The fraction of sp³-hybridized carbons (Fsp3) is 0.529. The first kappa shape index (κ1) is 14.3. The van der Waals surface area contributed by atoms with Crippen LogP contribution in [0.25, 0.3) is 0 Å². The summed E-state index contributed by atoms with van der Waals surface area (Å²) in [4.78, 5) is 4.70. The Balaban J connectivity index is 1.96. The summed E-state index contributed by atoms with van der Waals surface area (Å²) in [6.45, 7) is 3.23. The van der Waals surface area contributed by atoms with Crippen LogP contribution in [-0.4, -0.2) is 21.3 Å². The van der Waals surface area contributed by atoms with E-state index in [0.29, 0.717) is 12.0 Å². The summed E-state index contributed by atoms with van der Waals surface area (Å²) in [5.41, 5.74) is 3.95. The summed E-state index contributed by atoms with van der Waals surface area (Å²) >= 11 is 0. The van der Waals surface area contributed by atoms with Crippen LogP contribution in [0.2, 0.25) is 0 Å². The molecule has 0 bridgehead atoms. The molecule has 2 unspecified atom stereocenters. The molecule has 0 aromatic carbocycles. The number of pyridine rings is 1. The number of fused-ring (bicyclic) bond motifs is 1. The molecule has 0 fully saturated rings. The van der Waals surface area contributed by atoms with Gasteiger partial charge >= 0.3 is 0 Å². The molecule has 0 saturated heterocycles. The normalized spacial score (nSPS) is 19.2. The van der Waals surface area contributed by atoms with Crippen LogP contribution in [0.3, 0.4) is 0 Å². The fourth-order valence-electron chi connectivity index (χ4n) is 3.41. The first-order chi connectivity index (χ1) is 10.3. The summed E-state index contributed by atoms with van der Waals surface area (Å²) < 4.78 is 1.99. The Bertz CT molecular complexity index is 590. The van der Waals surface area contributed by atoms with Gasteiger partial charge in [-0.2, -0.15) is 5.10 Å². The highest BCUT2D eigenvalue weighted by Gasteiger charge is 2.31. The zero-order valence-electron chi connectivity index (χ0n) is 12.9. The third-order valence-electron chi connectivity index (χ3n) is 4.43. The molecule has 1 N–H and O–H groups in total. The highest BCUT2D eigenvalue weighted by Crippen LogP contribution is 2.38. The van der Waals surface area contributed by atoms with E-state index in [4.69, 9.17) is 4.98 Å². The quantitative estimate of drug-likeness (QED) is 0.918. The molecule has 21 heavy (non-hydrogen) atoms. The van der Waals surface area contributed by atoms with Gasteiger partial charge in [-0.25, -0.2) is 0 Å². The van der Waals surface area contributed by atoms with Gasteiger partial charge in [0, 0.05) is 31.1 Å². The minimum absolute atomic E-state index is 0.298. The second-order valence-corrected chi connectivity index (χ2v) is 5.86. The van der Waals surface area contributed by atoms with E-state index in [9.17, 15) is 0 Å². The van der Waals surface area contributed by atoms with Crippen LogP contribution in [0.1, 0.15) is 55.1 Å². The lowest BCUT2D eigenvalue weighted by Crippen LogP contribution is -2.32. The van der Waals surface area contributed by atoms with Gasteiger partial charge in [0.2, 0.25) is 0 Å². The first-order valence-corrected chi connectivity index (χ1v) is 7.96. The third kappa shape index (κ3) is 2.86. The van der Waals surface area contributed by atoms with Crippen molar-refractivity contribution in [3.63, 3.8) is 0 Å². The number of hydrogen-bond acceptors (Lipinski definition) is 3. The number of aromatic nitrogens is 3. The highest BCUT2D eigenvalue weighted by atomic mass is 15.3. The zero-order valence-corrected chi connectivity index (χ0v) is 12.9. The van der Waals surface area contributed by atoms with Crippen molar-refractivity contribution >= 4 is 0 Å². The molecule has 0 aliphatic heterocycles. The summed E-state index contributed by atoms with van der Waals surface area (Å²) in [7, 11) is 2.03. The van der Waals surface area contributed by atoms with Gasteiger partial charge in [-0.15, -0.1) is 0 Å². The lowest BCUT2D eigenvalue weighted by atomic mass is 9.80. The van der Waals surface area contributed by atoms with Crippen LogP contribution < -0.4 is 5.32 Å². The molecular formula is C17H24N4. The molecule has 3 rings (SSSR count). The van der Waals surface area contributed by atoms with Crippen molar-refractivity contribution in [1.82, 2.24) is 20.1 Å². The Morgan fingerprint density at radius 3 is 3.05 bits per heavy atom. The Morgan fingerprint density at radius 2 is 2.29 bits per heavy atom. The highest BCUT2D eigenvalue weighted by molar-refractivity contribution is 5.29. The average Bonchev–Trinajstić information content (AvgIpc) is 2.94. The van der Waals surface area contributed by atoms with Crippen molar-refractivity contribution in [2.75, 3.05) is 6.54 Å². The minimum atomic E-state index is 0.298. The van der Waals surface area contributed by atoms with Crippen molar-refractivity contribution in [2.45, 2.75) is 44.6 Å². The molecule has 1 aliphatic rings. The van der Waals surface area contributed by atoms with Crippen LogP contribution in [0.15, 0.2) is 30.6 Å². The molecule has 2 heterocycles. The summed E-state index contributed by atoms with van der Waals surface area (Å²) in [6.07, 6.45) is 8.54. The maximum Gasteiger partial charge on any atom is 0.0576 e. The van der Waals surface area contributed by atoms with Gasteiger partial charge in [0.05, 0.1) is 11.7 Å². The maximum absolute atomic E-state index is 4.70. The van der Waals surface area contributed by atoms with E-state index >= 15 is 0 Å². The molecule has 2 aromatic heterocycles. The molecule has 4 heteroatoms. The Hall–Kier alpha value is -1.68. The van der Waals surface area contributed by atoms with Gasteiger partial charge in [-0.3, -0.25) is 9.67 Å². The molecule has 1 aliphatic carbocycles. The smallest absolute Gasteiger partial charge is 0.0576 e. The largest absolute Gasteiger partial charge is 0.308 e. The predicted octanol–water partition coefficient (Wildman–Crippen LogP) is 2.98. The SMILES string of the molecule is CCCNC(c1ccnn1C)C1CCCc2cccnc21. The van der Waals surface area contributed by atoms with Crippen molar-refractivity contribution in [1.29, 1.82) is 0 Å². The average molecular weight is 284 g/mol. The molecule has 2 aromatic rings. The van der Waals surface area contributed by atoms with Gasteiger partial charge in [0.25, 0.3) is 0 Å². The molecule has 2 atom stereocenters. The van der Waals surface area contributed by atoms with Crippen LogP contribution in [-0.2, 0) is 13.5 Å². The fourth-order valence-corrected chi connectivity index (χ4v) is 3.41. The number of aryl methyl sites for hydroxylation is 2. The first-order valence-electron chi connectivity index (χ1n) is 7.96. The van der Waals surface area contributed by atoms with E-state index in [1.54, 1.807) is 0 Å². The standard InChI is InChI=1S/C17H24N4/c1-3-10-18-17(15-9-12-20-21(15)2)14-8-4-6-13-7-5-11-19-16(13)14/h5,7,9,11-12,14,17-18H,3-4,6,8,10H2,1-2H3. The summed E-state index contributed by atoms with van der Waals surface area (Å²) in [5.74, 6) is 0.442. The van der Waals surface area contributed by atoms with E-state index < -0.39 is 0 Å². The van der Waals surface area contributed by atoms with Gasteiger partial charge in [-0.05, 0) is 49.9 Å². The van der Waals surface area contributed by atoms with Gasteiger partial charge in [0.15, 0.2) is 0 Å². The van der Waals surface area contributed by atoms with Crippen LogP contribution in [0, 0.1) is 0 Å². The number of hydrogen-bond donors (Lipinski definition) is 1. The lowest BCUT2D eigenvalue weighted by molar-refractivity contribution is 0.377. The number of rotatable bonds is 5. The van der Waals surface area contributed by atoms with E-state index in [-0.39, 0.29) is 0 Å². The van der Waals surface area contributed by atoms with Crippen LogP contribution in [0.4, 0.5) is 0 Å². The molecule has 0 amide bonds. The van der Waals surface area contributed by atoms with Gasteiger partial charge < -0.3 is 5.32 Å². The number of nitrogens with zero attached hydrogens (tertiary/aromatic N) is 3. The molecule has 4 nitrogen and oxygen atoms in total. The lowest BCUT2D eigenvalue weighted by Gasteiger charge is -2.32. The van der Waals surface area contributed by atoms with E-state index in [0.717, 1.165) is 19.4 Å². The molecule has 112 valence electrons. The van der Waals surface area contributed by atoms with Crippen molar-refractivity contribution in [3.05, 3.63) is 47.5 Å². The van der Waals surface area contributed by atoms with Crippen molar-refractivity contribution < 1.29 is 0 Å². The Morgan fingerprint density at radius 1 is 1.38 bits per heavy atom. The van der Waals surface area contributed by atoms with Crippen molar-refractivity contribution in [3.8, 4) is 0 Å². The Labute approximate surface area is 126 Å². The zero-order chi connectivity index (χ0) is 14.7. The van der Waals surface area contributed by atoms with Gasteiger partial charge in [-0.1, -0.05) is 13.0 Å². The molecular weight excluding hydrogens is 260 g/mol. The van der Waals surface area contributed by atoms with Crippen LogP contribution in [0.5, 0.6) is 0 Å². The molecule has 0 radical (unpaired) electrons. The topological polar surface area (TPSA) is 42.7 Å². The number of nitrogens with one attached hydrogen (secondary N) is 1. The van der Waals surface area contributed by atoms with E-state index in [2.05, 4.69) is 35.5 Å². The monoisotopic (exact) mass is 284 g/mol. The maximum atomic E-state index is 4.70. The third-order valence-corrected chi connectivity index (χ3v) is 4.43. The molecule has 0 saturated carbocycles. The van der Waals surface area contributed by atoms with Crippen LogP contribution >= 0.6 is 0 Å². The predicted molar refractivity (Wildman–Crippen MR) is 84.2 cm³/mol. The van der Waals surface area contributed by atoms with Crippen molar-refractivity contribution in [2.24, 2.45) is 7.05 Å². The second kappa shape index (κ2) is 6.39. The van der Waals surface area contributed by atoms with E-state index in [1.165, 1.54) is 29.8 Å². The summed E-state index contributed by atoms with van der Waals surface area (Å²) in [5, 5.41) is 8.08.